The first-order chi connectivity index (χ1) is 10.3. The second-order valence-electron chi connectivity index (χ2n) is 5.67. The number of imide groups is 1. The van der Waals surface area contributed by atoms with Crippen molar-refractivity contribution in [2.75, 3.05) is 4.90 Å². The number of fused-ring (bicyclic) bond motifs is 2. The molecule has 0 radical (unpaired) electrons. The van der Waals surface area contributed by atoms with Gasteiger partial charge < -0.3 is 0 Å². The molecule has 2 aromatic rings. The first-order valence-electron chi connectivity index (χ1n) is 7.28. The van der Waals surface area contributed by atoms with E-state index in [2.05, 4.69) is 0 Å². The first kappa shape index (κ1) is 12.3. The highest BCUT2D eigenvalue weighted by molar-refractivity contribution is 6.25. The first-order valence-corrected chi connectivity index (χ1v) is 7.28. The molecule has 1 saturated heterocycles. The maximum absolute atomic E-state index is 12.7. The fraction of sp³-hybridized carbons (Fsp3) is 0.222. The van der Waals surface area contributed by atoms with Gasteiger partial charge in [0.1, 0.15) is 0 Å². The lowest BCUT2D eigenvalue weighted by atomic mass is 9.85. The Balaban J connectivity index is 1.86. The molecule has 1 aliphatic carbocycles. The molecule has 1 aliphatic heterocycles. The zero-order valence-electron chi connectivity index (χ0n) is 11.5. The smallest absolute Gasteiger partial charge is 0.238 e. The lowest BCUT2D eigenvalue weighted by Crippen LogP contribution is -2.31. The normalized spacial score (nSPS) is 24.7. The average molecular weight is 277 g/mol. The molecule has 2 aromatic carbocycles. The molecule has 1 heterocycles. The Morgan fingerprint density at radius 1 is 0.810 bits per heavy atom. The fourth-order valence-corrected chi connectivity index (χ4v) is 3.44. The van der Waals surface area contributed by atoms with Gasteiger partial charge in [-0.05, 0) is 24.3 Å². The third-order valence-corrected chi connectivity index (χ3v) is 4.52. The third-order valence-electron chi connectivity index (χ3n) is 4.52. The highest BCUT2D eigenvalue weighted by atomic mass is 16.2. The highest BCUT2D eigenvalue weighted by Crippen LogP contribution is 2.39. The zero-order chi connectivity index (χ0) is 14.4. The Kier molecular flexibility index (Phi) is 2.67. The molecule has 0 spiro atoms. The Morgan fingerprint density at radius 3 is 2.14 bits per heavy atom. The van der Waals surface area contributed by atoms with E-state index in [1.165, 1.54) is 4.90 Å². The Labute approximate surface area is 122 Å². The van der Waals surface area contributed by atoms with Crippen molar-refractivity contribution in [2.24, 2.45) is 11.8 Å². The molecule has 4 rings (SSSR count). The number of allylic oxidation sites excluding steroid dienone is 2. The van der Waals surface area contributed by atoms with Crippen LogP contribution in [0.15, 0.2) is 54.6 Å². The predicted molar refractivity (Wildman–Crippen MR) is 81.8 cm³/mol. The van der Waals surface area contributed by atoms with Gasteiger partial charge in [-0.3, -0.25) is 9.59 Å². The van der Waals surface area contributed by atoms with Gasteiger partial charge in [0.15, 0.2) is 0 Å². The van der Waals surface area contributed by atoms with Gasteiger partial charge in [0, 0.05) is 5.39 Å². The largest absolute Gasteiger partial charge is 0.274 e. The van der Waals surface area contributed by atoms with Crippen LogP contribution in [-0.2, 0) is 9.59 Å². The third kappa shape index (κ3) is 1.74. The SMILES string of the molecule is O=C1[C@H]2CC=CC[C@@H]2C(=O)N1c1cccc2ccccc12. The minimum Gasteiger partial charge on any atom is -0.274 e. The van der Waals surface area contributed by atoms with Gasteiger partial charge in [-0.2, -0.15) is 0 Å². The van der Waals surface area contributed by atoms with Crippen molar-refractivity contribution >= 4 is 28.3 Å². The molecular weight excluding hydrogens is 262 g/mol. The minimum atomic E-state index is -0.179. The molecule has 1 fully saturated rings. The number of amides is 2. The molecule has 2 atom stereocenters. The number of carbonyl (C=O) groups is 2. The van der Waals surface area contributed by atoms with E-state index in [4.69, 9.17) is 0 Å². The summed E-state index contributed by atoms with van der Waals surface area (Å²) in [7, 11) is 0. The minimum absolute atomic E-state index is 0.0503. The summed E-state index contributed by atoms with van der Waals surface area (Å²) in [6.07, 6.45) is 5.38. The van der Waals surface area contributed by atoms with E-state index in [9.17, 15) is 9.59 Å². The Morgan fingerprint density at radius 2 is 1.43 bits per heavy atom. The van der Waals surface area contributed by atoms with E-state index in [-0.39, 0.29) is 23.7 Å². The van der Waals surface area contributed by atoms with Gasteiger partial charge in [0.2, 0.25) is 11.8 Å². The van der Waals surface area contributed by atoms with Crippen molar-refractivity contribution in [3.05, 3.63) is 54.6 Å². The zero-order valence-corrected chi connectivity index (χ0v) is 11.5. The van der Waals surface area contributed by atoms with Crippen LogP contribution in [0.5, 0.6) is 0 Å². The van der Waals surface area contributed by atoms with E-state index >= 15 is 0 Å². The van der Waals surface area contributed by atoms with Crippen LogP contribution in [0.25, 0.3) is 10.8 Å². The van der Waals surface area contributed by atoms with Crippen LogP contribution in [-0.4, -0.2) is 11.8 Å². The molecule has 0 saturated carbocycles. The maximum atomic E-state index is 12.7. The van der Waals surface area contributed by atoms with Gasteiger partial charge in [-0.25, -0.2) is 4.90 Å². The quantitative estimate of drug-likeness (QED) is 0.592. The molecular formula is C18H15NO2. The number of nitrogens with zero attached hydrogens (tertiary/aromatic N) is 1. The van der Waals surface area contributed by atoms with Crippen LogP contribution in [0.2, 0.25) is 0 Å². The van der Waals surface area contributed by atoms with Crippen molar-refractivity contribution in [1.29, 1.82) is 0 Å². The predicted octanol–water partition coefficient (Wildman–Crippen LogP) is 3.30. The van der Waals surface area contributed by atoms with E-state index < -0.39 is 0 Å². The molecule has 2 amide bonds. The molecule has 0 unspecified atom stereocenters. The number of hydrogen-bond acceptors (Lipinski definition) is 2. The van der Waals surface area contributed by atoms with Crippen molar-refractivity contribution in [3.8, 4) is 0 Å². The molecule has 3 heteroatoms. The summed E-state index contributed by atoms with van der Waals surface area (Å²) in [4.78, 5) is 26.7. The van der Waals surface area contributed by atoms with Gasteiger partial charge in [-0.1, -0.05) is 48.6 Å². The van der Waals surface area contributed by atoms with Crippen LogP contribution in [0, 0.1) is 11.8 Å². The molecule has 0 aromatic heterocycles. The van der Waals surface area contributed by atoms with Crippen molar-refractivity contribution in [2.45, 2.75) is 12.8 Å². The molecule has 3 nitrogen and oxygen atoms in total. The molecule has 0 bridgehead atoms. The Hall–Kier alpha value is -2.42. The summed E-state index contributed by atoms with van der Waals surface area (Å²) >= 11 is 0. The van der Waals surface area contributed by atoms with E-state index in [0.717, 1.165) is 16.5 Å². The average Bonchev–Trinajstić information content (AvgIpc) is 2.79. The summed E-state index contributed by atoms with van der Waals surface area (Å²) < 4.78 is 0. The number of anilines is 1. The molecule has 104 valence electrons. The summed E-state index contributed by atoms with van der Waals surface area (Å²) in [6.45, 7) is 0. The second-order valence-corrected chi connectivity index (χ2v) is 5.67. The summed E-state index contributed by atoms with van der Waals surface area (Å²) in [5.41, 5.74) is 0.720. The number of rotatable bonds is 1. The van der Waals surface area contributed by atoms with Gasteiger partial charge in [0.25, 0.3) is 0 Å². The van der Waals surface area contributed by atoms with Crippen molar-refractivity contribution < 1.29 is 9.59 Å². The standard InChI is InChI=1S/C18H15NO2/c20-17-14-9-3-4-10-15(14)18(21)19(17)16-11-5-7-12-6-1-2-8-13(12)16/h1-8,11,14-15H,9-10H2/t14-,15-/m0/s1. The van der Waals surface area contributed by atoms with Crippen LogP contribution in [0.1, 0.15) is 12.8 Å². The number of carbonyl (C=O) groups excluding carboxylic acids is 2. The lowest BCUT2D eigenvalue weighted by Gasteiger charge is -2.17. The monoisotopic (exact) mass is 277 g/mol. The van der Waals surface area contributed by atoms with Gasteiger partial charge >= 0.3 is 0 Å². The lowest BCUT2D eigenvalue weighted by molar-refractivity contribution is -0.122. The van der Waals surface area contributed by atoms with Crippen LogP contribution >= 0.6 is 0 Å². The molecule has 0 N–H and O–H groups in total. The summed E-state index contributed by atoms with van der Waals surface area (Å²) in [5.74, 6) is -0.459. The number of benzene rings is 2. The van der Waals surface area contributed by atoms with Crippen molar-refractivity contribution in [1.82, 2.24) is 0 Å². The molecule has 21 heavy (non-hydrogen) atoms. The van der Waals surface area contributed by atoms with Crippen LogP contribution in [0.4, 0.5) is 5.69 Å². The molecule has 2 aliphatic rings. The number of hydrogen-bond donors (Lipinski definition) is 0. The topological polar surface area (TPSA) is 37.4 Å². The van der Waals surface area contributed by atoms with E-state index in [1.807, 2.05) is 54.6 Å². The summed E-state index contributed by atoms with van der Waals surface area (Å²) in [6, 6.07) is 13.6. The van der Waals surface area contributed by atoms with Crippen LogP contribution in [0.3, 0.4) is 0 Å². The van der Waals surface area contributed by atoms with Gasteiger partial charge in [-0.15, -0.1) is 0 Å². The Bertz CT molecular complexity index is 746. The maximum Gasteiger partial charge on any atom is 0.238 e. The van der Waals surface area contributed by atoms with Crippen LogP contribution < -0.4 is 4.90 Å². The van der Waals surface area contributed by atoms with Crippen molar-refractivity contribution in [3.63, 3.8) is 0 Å². The van der Waals surface area contributed by atoms with Gasteiger partial charge in [0.05, 0.1) is 17.5 Å². The highest BCUT2D eigenvalue weighted by Gasteiger charge is 2.48. The van der Waals surface area contributed by atoms with E-state index in [1.54, 1.807) is 0 Å². The summed E-state index contributed by atoms with van der Waals surface area (Å²) in [5, 5.41) is 2.00. The fourth-order valence-electron chi connectivity index (χ4n) is 3.44. The second kappa shape index (κ2) is 4.55. The van der Waals surface area contributed by atoms with E-state index in [0.29, 0.717) is 12.8 Å².